The van der Waals surface area contributed by atoms with Crippen LogP contribution in [0.5, 0.6) is 0 Å². The molecule has 0 aliphatic carbocycles. The smallest absolute Gasteiger partial charge is 0.337 e. The van der Waals surface area contributed by atoms with Crippen molar-refractivity contribution in [2.75, 3.05) is 18.0 Å². The largest absolute Gasteiger partial charge is 0.478 e. The Morgan fingerprint density at radius 1 is 1.29 bits per heavy atom. The summed E-state index contributed by atoms with van der Waals surface area (Å²) in [5.74, 6) is -0.295. The van der Waals surface area contributed by atoms with E-state index >= 15 is 0 Å². The monoisotopic (exact) mass is 288 g/mol. The maximum atomic E-state index is 11.3. The Balaban J connectivity index is 2.59. The minimum atomic E-state index is -0.990. The summed E-state index contributed by atoms with van der Waals surface area (Å²) >= 11 is 0. The molecular weight excluding hydrogens is 268 g/mol. The van der Waals surface area contributed by atoms with E-state index in [2.05, 4.69) is 4.98 Å². The summed E-state index contributed by atoms with van der Waals surface area (Å²) in [4.78, 5) is 17.6. The third-order valence-corrected chi connectivity index (χ3v) is 3.26. The minimum absolute atomic E-state index is 0.189. The van der Waals surface area contributed by atoms with Crippen molar-refractivity contribution in [3.63, 3.8) is 0 Å². The van der Waals surface area contributed by atoms with Crippen molar-refractivity contribution >= 4 is 22.6 Å². The van der Waals surface area contributed by atoms with Crippen LogP contribution in [0.25, 0.3) is 10.8 Å². The molecule has 112 valence electrons. The van der Waals surface area contributed by atoms with E-state index < -0.39 is 11.6 Å². The van der Waals surface area contributed by atoms with Gasteiger partial charge in [0.2, 0.25) is 0 Å². The molecule has 0 aliphatic heterocycles. The van der Waals surface area contributed by atoms with Gasteiger partial charge in [0, 0.05) is 30.1 Å². The Hall–Kier alpha value is -2.14. The first-order valence-electron chi connectivity index (χ1n) is 6.92. The number of anilines is 1. The first kappa shape index (κ1) is 15.3. The molecule has 1 aromatic carbocycles. The van der Waals surface area contributed by atoms with Crippen LogP contribution in [0.1, 0.15) is 31.1 Å². The van der Waals surface area contributed by atoms with Gasteiger partial charge in [-0.1, -0.05) is 24.3 Å². The number of hydrogen-bond acceptors (Lipinski definition) is 4. The van der Waals surface area contributed by atoms with Crippen LogP contribution in [0.15, 0.2) is 30.5 Å². The van der Waals surface area contributed by atoms with Gasteiger partial charge in [-0.2, -0.15) is 0 Å². The fourth-order valence-electron chi connectivity index (χ4n) is 2.40. The fraction of sp³-hybridized carbons (Fsp3) is 0.375. The maximum Gasteiger partial charge on any atom is 0.337 e. The zero-order chi connectivity index (χ0) is 15.6. The Labute approximate surface area is 123 Å². The number of nitrogens with zero attached hydrogens (tertiary/aromatic N) is 2. The van der Waals surface area contributed by atoms with Gasteiger partial charge in [-0.3, -0.25) is 0 Å². The molecule has 5 nitrogen and oxygen atoms in total. The number of aromatic nitrogens is 1. The Morgan fingerprint density at radius 2 is 1.90 bits per heavy atom. The van der Waals surface area contributed by atoms with Crippen LogP contribution in [0.2, 0.25) is 0 Å². The molecule has 5 heteroatoms. The molecular formula is C16H20N2O3. The lowest BCUT2D eigenvalue weighted by Gasteiger charge is -2.30. The topological polar surface area (TPSA) is 73.7 Å². The number of carboxylic acids is 1. The maximum absolute atomic E-state index is 11.3. The molecule has 0 radical (unpaired) electrons. The second-order valence-corrected chi connectivity index (χ2v) is 5.67. The van der Waals surface area contributed by atoms with Gasteiger partial charge < -0.3 is 15.1 Å². The third-order valence-electron chi connectivity index (χ3n) is 3.26. The number of aliphatic hydroxyl groups is 1. The fourth-order valence-corrected chi connectivity index (χ4v) is 2.40. The van der Waals surface area contributed by atoms with Crippen LogP contribution in [0, 0.1) is 0 Å². The number of likely N-dealkylation sites (N-methyl/N-ethyl adjacent to an activating group) is 1. The van der Waals surface area contributed by atoms with Crippen LogP contribution >= 0.6 is 0 Å². The van der Waals surface area contributed by atoms with Crippen LogP contribution in [0.4, 0.5) is 5.82 Å². The van der Waals surface area contributed by atoms with E-state index in [1.54, 1.807) is 19.9 Å². The number of benzene rings is 1. The molecule has 0 unspecified atom stereocenters. The molecule has 2 aromatic rings. The van der Waals surface area contributed by atoms with Crippen molar-refractivity contribution in [1.29, 1.82) is 0 Å². The molecule has 2 rings (SSSR count). The van der Waals surface area contributed by atoms with E-state index in [-0.39, 0.29) is 5.56 Å². The van der Waals surface area contributed by atoms with Gasteiger partial charge in [0.25, 0.3) is 0 Å². The predicted octanol–water partition coefficient (Wildman–Crippen LogP) is 2.53. The molecule has 1 aromatic heterocycles. The van der Waals surface area contributed by atoms with Gasteiger partial charge in [0.1, 0.15) is 5.82 Å². The highest BCUT2D eigenvalue weighted by Gasteiger charge is 2.21. The van der Waals surface area contributed by atoms with Crippen molar-refractivity contribution in [3.8, 4) is 0 Å². The van der Waals surface area contributed by atoms with Gasteiger partial charge in [0.05, 0.1) is 11.2 Å². The van der Waals surface area contributed by atoms with Gasteiger partial charge in [0.15, 0.2) is 0 Å². The van der Waals surface area contributed by atoms with E-state index in [0.717, 1.165) is 5.39 Å². The lowest BCUT2D eigenvalue weighted by Crippen LogP contribution is -2.39. The summed E-state index contributed by atoms with van der Waals surface area (Å²) in [5.41, 5.74) is -0.668. The predicted molar refractivity (Wildman–Crippen MR) is 82.9 cm³/mol. The van der Waals surface area contributed by atoms with Gasteiger partial charge in [-0.15, -0.1) is 0 Å². The number of carboxylic acid groups (broad SMARTS) is 1. The number of pyridine rings is 1. The molecule has 0 spiro atoms. The summed E-state index contributed by atoms with van der Waals surface area (Å²) in [5, 5.41) is 20.7. The highest BCUT2D eigenvalue weighted by atomic mass is 16.4. The first-order chi connectivity index (χ1) is 9.83. The van der Waals surface area contributed by atoms with E-state index in [9.17, 15) is 15.0 Å². The summed E-state index contributed by atoms with van der Waals surface area (Å²) in [7, 11) is 0. The molecule has 1 heterocycles. The van der Waals surface area contributed by atoms with Gasteiger partial charge in [-0.25, -0.2) is 9.78 Å². The Bertz CT molecular complexity index is 662. The molecule has 0 atom stereocenters. The average molecular weight is 288 g/mol. The lowest BCUT2D eigenvalue weighted by molar-refractivity contribution is 0.0698. The normalized spacial score (nSPS) is 11.6. The second-order valence-electron chi connectivity index (χ2n) is 5.67. The van der Waals surface area contributed by atoms with Crippen LogP contribution < -0.4 is 4.90 Å². The quantitative estimate of drug-likeness (QED) is 0.884. The Morgan fingerprint density at radius 3 is 2.43 bits per heavy atom. The summed E-state index contributed by atoms with van der Waals surface area (Å²) in [6.07, 6.45) is 1.38. The van der Waals surface area contributed by atoms with Gasteiger partial charge in [-0.05, 0) is 20.8 Å². The van der Waals surface area contributed by atoms with Crippen molar-refractivity contribution in [1.82, 2.24) is 4.98 Å². The minimum Gasteiger partial charge on any atom is -0.478 e. The molecule has 0 amide bonds. The van der Waals surface area contributed by atoms with Gasteiger partial charge >= 0.3 is 5.97 Å². The first-order valence-corrected chi connectivity index (χ1v) is 6.92. The van der Waals surface area contributed by atoms with E-state index in [4.69, 9.17) is 0 Å². The van der Waals surface area contributed by atoms with Crippen LogP contribution in [0.3, 0.4) is 0 Å². The van der Waals surface area contributed by atoms with Crippen molar-refractivity contribution in [2.24, 2.45) is 0 Å². The van der Waals surface area contributed by atoms with Crippen LogP contribution in [-0.4, -0.2) is 39.9 Å². The van der Waals surface area contributed by atoms with Crippen LogP contribution in [-0.2, 0) is 0 Å². The number of fused-ring (bicyclic) bond motifs is 1. The van der Waals surface area contributed by atoms with E-state index in [0.29, 0.717) is 24.3 Å². The zero-order valence-electron chi connectivity index (χ0n) is 12.5. The highest BCUT2D eigenvalue weighted by Crippen LogP contribution is 2.28. The van der Waals surface area contributed by atoms with Crippen molar-refractivity contribution < 1.29 is 15.0 Å². The summed E-state index contributed by atoms with van der Waals surface area (Å²) in [6, 6.07) is 7.31. The molecule has 0 saturated heterocycles. The van der Waals surface area contributed by atoms with Crippen molar-refractivity contribution in [3.05, 3.63) is 36.0 Å². The second kappa shape index (κ2) is 5.69. The lowest BCUT2D eigenvalue weighted by atomic mass is 10.1. The van der Waals surface area contributed by atoms with E-state index in [1.165, 1.54) is 6.20 Å². The number of aromatic carboxylic acids is 1. The Kier molecular flexibility index (Phi) is 4.14. The zero-order valence-corrected chi connectivity index (χ0v) is 12.5. The standard InChI is InChI=1S/C16H20N2O3/c1-4-18(10-16(2,3)21)14-12-8-6-5-7-11(12)13(9-17-14)15(19)20/h5-9,21H,4,10H2,1-3H3,(H,19,20). The number of carbonyl (C=O) groups is 1. The molecule has 2 N–H and O–H groups in total. The SMILES string of the molecule is CCN(CC(C)(C)O)c1ncc(C(=O)O)c2ccccc12. The van der Waals surface area contributed by atoms with Crippen molar-refractivity contribution in [2.45, 2.75) is 26.4 Å². The summed E-state index contributed by atoms with van der Waals surface area (Å²) < 4.78 is 0. The number of rotatable bonds is 5. The average Bonchev–Trinajstić information content (AvgIpc) is 2.42. The van der Waals surface area contributed by atoms with E-state index in [1.807, 2.05) is 30.0 Å². The highest BCUT2D eigenvalue weighted by molar-refractivity contribution is 6.06. The third kappa shape index (κ3) is 3.31. The molecule has 0 fully saturated rings. The molecule has 0 bridgehead atoms. The molecule has 21 heavy (non-hydrogen) atoms. The summed E-state index contributed by atoms with van der Waals surface area (Å²) in [6.45, 7) is 6.56. The molecule has 0 saturated carbocycles. The number of hydrogen-bond donors (Lipinski definition) is 2. The molecule has 0 aliphatic rings.